The Labute approximate surface area is 184 Å². The number of sulfonamides is 1. The lowest BCUT2D eigenvalue weighted by atomic mass is 9.74. The van der Waals surface area contributed by atoms with Crippen LogP contribution in [0.15, 0.2) is 48.5 Å². The van der Waals surface area contributed by atoms with Gasteiger partial charge in [0.2, 0.25) is 10.0 Å². The van der Waals surface area contributed by atoms with Gasteiger partial charge in [0.25, 0.3) is 0 Å². The van der Waals surface area contributed by atoms with Crippen molar-refractivity contribution in [2.75, 3.05) is 32.0 Å². The van der Waals surface area contributed by atoms with Gasteiger partial charge in [-0.3, -0.25) is 4.90 Å². The fourth-order valence-electron chi connectivity index (χ4n) is 4.98. The van der Waals surface area contributed by atoms with E-state index in [0.29, 0.717) is 18.7 Å². The molecule has 2 saturated heterocycles. The summed E-state index contributed by atoms with van der Waals surface area (Å²) in [5.41, 5.74) is 3.88. The van der Waals surface area contributed by atoms with Crippen molar-refractivity contribution in [1.82, 2.24) is 9.21 Å². The Hall–Kier alpha value is -2.24. The molecular weight excluding hydrogens is 410 g/mol. The first-order chi connectivity index (χ1) is 15.0. The van der Waals surface area contributed by atoms with Gasteiger partial charge in [-0.15, -0.1) is 0 Å². The lowest BCUT2D eigenvalue weighted by Gasteiger charge is -2.57. The molecule has 0 aliphatic carbocycles. The fourth-order valence-corrected chi connectivity index (χ4v) is 6.13. The Morgan fingerprint density at radius 2 is 1.65 bits per heavy atom. The maximum Gasteiger partial charge on any atom is 0.213 e. The standard InChI is InChI=1S/C24H29N3O3S/c1-2-31(29,30)26-13-3-4-14-27-22(16-26)24(23(27)17-28)21-11-9-20(10-12-21)19-7-5-18(15-25)6-8-19/h5-12,22-24,28H,2-4,13-14,16-17H2,1H3/t22-,23-,24-/m0/s1. The highest BCUT2D eigenvalue weighted by molar-refractivity contribution is 7.89. The van der Waals surface area contributed by atoms with Crippen molar-refractivity contribution >= 4 is 10.0 Å². The van der Waals surface area contributed by atoms with Crippen LogP contribution in [-0.4, -0.2) is 66.8 Å². The van der Waals surface area contributed by atoms with Crippen LogP contribution in [0.1, 0.15) is 36.8 Å². The minimum absolute atomic E-state index is 0.0232. The first-order valence-electron chi connectivity index (χ1n) is 10.9. The van der Waals surface area contributed by atoms with E-state index in [1.807, 2.05) is 24.3 Å². The molecule has 2 aromatic rings. The van der Waals surface area contributed by atoms with Gasteiger partial charge >= 0.3 is 0 Å². The molecule has 0 bridgehead atoms. The smallest absolute Gasteiger partial charge is 0.213 e. The molecule has 3 atom stereocenters. The summed E-state index contributed by atoms with van der Waals surface area (Å²) in [6.07, 6.45) is 1.79. The summed E-state index contributed by atoms with van der Waals surface area (Å²) in [6.45, 7) is 3.72. The molecule has 6 nitrogen and oxygen atoms in total. The largest absolute Gasteiger partial charge is 0.395 e. The molecule has 164 valence electrons. The van der Waals surface area contributed by atoms with Gasteiger partial charge in [-0.25, -0.2) is 12.7 Å². The number of nitrogens with zero attached hydrogens (tertiary/aromatic N) is 3. The molecule has 0 unspecified atom stereocenters. The summed E-state index contributed by atoms with van der Waals surface area (Å²) >= 11 is 0. The van der Waals surface area contributed by atoms with Crippen molar-refractivity contribution in [2.45, 2.75) is 37.8 Å². The molecule has 1 N–H and O–H groups in total. The molecule has 2 aliphatic rings. The number of benzene rings is 2. The van der Waals surface area contributed by atoms with E-state index in [2.05, 4.69) is 35.2 Å². The third-order valence-corrected chi connectivity index (χ3v) is 8.58. The molecule has 0 radical (unpaired) electrons. The number of aliphatic hydroxyl groups excluding tert-OH is 1. The van der Waals surface area contributed by atoms with E-state index in [0.717, 1.165) is 36.1 Å². The summed E-state index contributed by atoms with van der Waals surface area (Å²) in [6, 6.07) is 18.1. The zero-order chi connectivity index (χ0) is 22.0. The number of aliphatic hydroxyl groups is 1. The number of rotatable bonds is 5. The second-order valence-electron chi connectivity index (χ2n) is 8.36. The van der Waals surface area contributed by atoms with Crippen LogP contribution < -0.4 is 0 Å². The molecule has 2 aliphatic heterocycles. The van der Waals surface area contributed by atoms with Crippen molar-refractivity contribution in [3.8, 4) is 17.2 Å². The normalized spacial score (nSPS) is 25.0. The molecule has 0 amide bonds. The highest BCUT2D eigenvalue weighted by Crippen LogP contribution is 2.42. The minimum Gasteiger partial charge on any atom is -0.395 e. The third kappa shape index (κ3) is 4.26. The zero-order valence-corrected chi connectivity index (χ0v) is 18.6. The molecule has 2 heterocycles. The maximum atomic E-state index is 12.6. The van der Waals surface area contributed by atoms with E-state index in [4.69, 9.17) is 5.26 Å². The Kier molecular flexibility index (Phi) is 6.44. The number of hydrogen-bond donors (Lipinski definition) is 1. The first-order valence-corrected chi connectivity index (χ1v) is 12.5. The molecule has 0 spiro atoms. The summed E-state index contributed by atoms with van der Waals surface area (Å²) < 4.78 is 26.8. The van der Waals surface area contributed by atoms with Crippen LogP contribution in [0.25, 0.3) is 11.1 Å². The molecule has 2 fully saturated rings. The molecule has 0 aromatic heterocycles. The maximum absolute atomic E-state index is 12.6. The lowest BCUT2D eigenvalue weighted by molar-refractivity contribution is -0.0553. The molecular formula is C24H29N3O3S. The second-order valence-corrected chi connectivity index (χ2v) is 10.6. The Morgan fingerprint density at radius 1 is 1.03 bits per heavy atom. The Balaban J connectivity index is 1.58. The number of fused-ring (bicyclic) bond motifs is 1. The average Bonchev–Trinajstić information content (AvgIpc) is 2.78. The summed E-state index contributed by atoms with van der Waals surface area (Å²) in [5, 5.41) is 19.1. The van der Waals surface area contributed by atoms with Crippen LogP contribution in [0.5, 0.6) is 0 Å². The van der Waals surface area contributed by atoms with E-state index >= 15 is 0 Å². The van der Waals surface area contributed by atoms with E-state index in [1.54, 1.807) is 11.2 Å². The van der Waals surface area contributed by atoms with Crippen LogP contribution in [-0.2, 0) is 10.0 Å². The van der Waals surface area contributed by atoms with Crippen LogP contribution >= 0.6 is 0 Å². The quantitative estimate of drug-likeness (QED) is 0.774. The molecule has 4 rings (SSSR count). The topological polar surface area (TPSA) is 84.6 Å². The van der Waals surface area contributed by atoms with E-state index < -0.39 is 10.0 Å². The van der Waals surface area contributed by atoms with Gasteiger partial charge in [0.05, 0.1) is 24.0 Å². The minimum atomic E-state index is -3.24. The number of hydrogen-bond acceptors (Lipinski definition) is 5. The van der Waals surface area contributed by atoms with Crippen molar-refractivity contribution in [2.24, 2.45) is 0 Å². The van der Waals surface area contributed by atoms with Crippen LogP contribution in [0.2, 0.25) is 0 Å². The van der Waals surface area contributed by atoms with E-state index in [1.165, 1.54) is 0 Å². The van der Waals surface area contributed by atoms with Gasteiger partial charge in [-0.2, -0.15) is 5.26 Å². The summed E-state index contributed by atoms with van der Waals surface area (Å²) in [7, 11) is -3.24. The average molecular weight is 440 g/mol. The SMILES string of the molecule is CCS(=O)(=O)N1CCCCN2[C@@H](CO)[C@@H](c3ccc(-c4ccc(C#N)cc4)cc3)[C@@H]2C1. The van der Waals surface area contributed by atoms with Crippen molar-refractivity contribution < 1.29 is 13.5 Å². The van der Waals surface area contributed by atoms with Crippen LogP contribution in [0.4, 0.5) is 0 Å². The monoisotopic (exact) mass is 439 g/mol. The fraction of sp³-hybridized carbons (Fsp3) is 0.458. The van der Waals surface area contributed by atoms with Crippen molar-refractivity contribution in [3.63, 3.8) is 0 Å². The predicted molar refractivity (Wildman–Crippen MR) is 121 cm³/mol. The summed E-state index contributed by atoms with van der Waals surface area (Å²) in [5.74, 6) is 0.222. The van der Waals surface area contributed by atoms with Gasteiger partial charge in [0, 0.05) is 31.1 Å². The molecule has 0 saturated carbocycles. The predicted octanol–water partition coefficient (Wildman–Crippen LogP) is 2.80. The van der Waals surface area contributed by atoms with E-state index in [9.17, 15) is 13.5 Å². The van der Waals surface area contributed by atoms with Crippen LogP contribution in [0.3, 0.4) is 0 Å². The highest BCUT2D eigenvalue weighted by atomic mass is 32.2. The Morgan fingerprint density at radius 3 is 2.23 bits per heavy atom. The van der Waals surface area contributed by atoms with Gasteiger partial charge in [-0.05, 0) is 55.1 Å². The van der Waals surface area contributed by atoms with Gasteiger partial charge in [0.15, 0.2) is 0 Å². The summed E-state index contributed by atoms with van der Waals surface area (Å²) in [4.78, 5) is 2.29. The van der Waals surface area contributed by atoms with Crippen molar-refractivity contribution in [1.29, 1.82) is 5.26 Å². The first kappa shape index (κ1) is 22.0. The highest BCUT2D eigenvalue weighted by Gasteiger charge is 2.49. The Bertz CT molecular complexity index is 1040. The van der Waals surface area contributed by atoms with Crippen molar-refractivity contribution in [3.05, 3.63) is 59.7 Å². The number of nitriles is 1. The molecule has 2 aromatic carbocycles. The molecule has 7 heteroatoms. The van der Waals surface area contributed by atoms with Crippen LogP contribution in [0, 0.1) is 11.3 Å². The zero-order valence-electron chi connectivity index (χ0n) is 17.8. The molecule has 31 heavy (non-hydrogen) atoms. The second kappa shape index (κ2) is 9.09. The van der Waals surface area contributed by atoms with Gasteiger partial charge in [-0.1, -0.05) is 36.4 Å². The van der Waals surface area contributed by atoms with E-state index in [-0.39, 0.29) is 30.4 Å². The third-order valence-electron chi connectivity index (χ3n) is 6.73. The van der Waals surface area contributed by atoms with Gasteiger partial charge < -0.3 is 5.11 Å². The van der Waals surface area contributed by atoms with Gasteiger partial charge in [0.1, 0.15) is 0 Å². The lowest BCUT2D eigenvalue weighted by Crippen LogP contribution is -2.67.